The van der Waals surface area contributed by atoms with Crippen molar-refractivity contribution in [3.63, 3.8) is 0 Å². The molecule has 138 valence electrons. The fraction of sp³-hybridized carbons (Fsp3) is 0.500. The Hall–Kier alpha value is -2.37. The molecule has 0 bridgehead atoms. The number of hydrogen-bond donors (Lipinski definition) is 1. The van der Waals surface area contributed by atoms with Crippen molar-refractivity contribution in [3.05, 3.63) is 29.7 Å². The number of nitrogens with one attached hydrogen (secondary N) is 1. The summed E-state index contributed by atoms with van der Waals surface area (Å²) in [5, 5.41) is 3.76. The third-order valence-electron chi connectivity index (χ3n) is 5.63. The Morgan fingerprint density at radius 1 is 1.19 bits per heavy atom. The first-order valence-corrected chi connectivity index (χ1v) is 9.45. The molecule has 2 aliphatic rings. The molecule has 26 heavy (non-hydrogen) atoms. The maximum absolute atomic E-state index is 13.9. The molecular formula is C20H24FN3O2. The number of hydrogen-bond acceptors (Lipinski definition) is 2. The molecule has 2 amide bonds. The lowest BCUT2D eigenvalue weighted by Crippen LogP contribution is -2.38. The lowest BCUT2D eigenvalue weighted by atomic mass is 9.95. The molecule has 1 saturated carbocycles. The van der Waals surface area contributed by atoms with E-state index in [9.17, 15) is 14.0 Å². The third kappa shape index (κ3) is 2.87. The van der Waals surface area contributed by atoms with Crippen LogP contribution in [0.25, 0.3) is 10.9 Å². The molecule has 2 aromatic rings. The monoisotopic (exact) mass is 357 g/mol. The van der Waals surface area contributed by atoms with Crippen molar-refractivity contribution in [1.29, 1.82) is 0 Å². The number of nitrogens with zero attached hydrogens (tertiary/aromatic N) is 2. The Labute approximate surface area is 152 Å². The molecule has 5 nitrogen and oxygen atoms in total. The molecule has 2 fully saturated rings. The summed E-state index contributed by atoms with van der Waals surface area (Å²) in [7, 11) is 1.81. The molecule has 1 aromatic heterocycles. The largest absolute Gasteiger partial charge is 0.348 e. The SMILES string of the molecule is Cn1c(C(=O)NC2CCCCC2)c(N2CCCC2=O)c2cc(F)ccc21. The van der Waals surface area contributed by atoms with Crippen LogP contribution in [0.1, 0.15) is 55.4 Å². The van der Waals surface area contributed by atoms with Gasteiger partial charge >= 0.3 is 0 Å². The number of halogens is 1. The topological polar surface area (TPSA) is 54.3 Å². The van der Waals surface area contributed by atoms with Gasteiger partial charge in [0.15, 0.2) is 0 Å². The highest BCUT2D eigenvalue weighted by molar-refractivity contribution is 6.14. The zero-order chi connectivity index (χ0) is 18.3. The van der Waals surface area contributed by atoms with Crippen molar-refractivity contribution >= 4 is 28.4 Å². The summed E-state index contributed by atoms with van der Waals surface area (Å²) in [5.41, 5.74) is 1.76. The van der Waals surface area contributed by atoms with E-state index in [4.69, 9.17) is 0 Å². The molecule has 6 heteroatoms. The zero-order valence-corrected chi connectivity index (χ0v) is 15.1. The average Bonchev–Trinajstić information content (AvgIpc) is 3.16. The minimum absolute atomic E-state index is 0.00604. The summed E-state index contributed by atoms with van der Waals surface area (Å²) in [5.74, 6) is -0.547. The molecule has 4 rings (SSSR count). The van der Waals surface area contributed by atoms with Gasteiger partial charge in [0.05, 0.1) is 11.2 Å². The lowest BCUT2D eigenvalue weighted by molar-refractivity contribution is -0.117. The molecule has 1 N–H and O–H groups in total. The van der Waals surface area contributed by atoms with E-state index >= 15 is 0 Å². The standard InChI is InChI=1S/C20H24FN3O2/c1-23-16-10-9-13(21)12-15(16)18(24-11-5-8-17(24)25)19(23)20(26)22-14-6-3-2-4-7-14/h9-10,12,14H,2-8,11H2,1H3,(H,22,26). The first-order chi connectivity index (χ1) is 12.6. The number of aromatic nitrogens is 1. The van der Waals surface area contributed by atoms with Crippen molar-refractivity contribution in [2.24, 2.45) is 7.05 Å². The van der Waals surface area contributed by atoms with Crippen LogP contribution in [-0.4, -0.2) is 29.0 Å². The molecule has 1 aliphatic carbocycles. The van der Waals surface area contributed by atoms with Gasteiger partial charge in [-0.15, -0.1) is 0 Å². The third-order valence-corrected chi connectivity index (χ3v) is 5.63. The van der Waals surface area contributed by atoms with E-state index in [1.807, 2.05) is 0 Å². The lowest BCUT2D eigenvalue weighted by Gasteiger charge is -2.24. The van der Waals surface area contributed by atoms with Gasteiger partial charge in [0, 0.05) is 31.4 Å². The average molecular weight is 357 g/mol. The van der Waals surface area contributed by atoms with Crippen LogP contribution >= 0.6 is 0 Å². The Bertz CT molecular complexity index is 868. The number of benzene rings is 1. The number of aryl methyl sites for hydroxylation is 1. The van der Waals surface area contributed by atoms with Crippen molar-refractivity contribution in [2.45, 2.75) is 51.0 Å². The number of amides is 2. The van der Waals surface area contributed by atoms with Crippen LogP contribution in [0.3, 0.4) is 0 Å². The van der Waals surface area contributed by atoms with Crippen LogP contribution in [-0.2, 0) is 11.8 Å². The first-order valence-electron chi connectivity index (χ1n) is 9.45. The van der Waals surface area contributed by atoms with Gasteiger partial charge in [0.25, 0.3) is 5.91 Å². The second kappa shape index (κ2) is 6.74. The zero-order valence-electron chi connectivity index (χ0n) is 15.1. The minimum Gasteiger partial charge on any atom is -0.348 e. The molecule has 2 heterocycles. The van der Waals surface area contributed by atoms with Crippen LogP contribution in [0.5, 0.6) is 0 Å². The maximum Gasteiger partial charge on any atom is 0.270 e. The maximum atomic E-state index is 13.9. The van der Waals surface area contributed by atoms with Crippen molar-refractivity contribution in [2.75, 3.05) is 11.4 Å². The molecule has 0 spiro atoms. The van der Waals surface area contributed by atoms with Crippen molar-refractivity contribution < 1.29 is 14.0 Å². The number of fused-ring (bicyclic) bond motifs is 1. The molecule has 1 aromatic carbocycles. The Morgan fingerprint density at radius 2 is 1.96 bits per heavy atom. The normalized spacial score (nSPS) is 18.7. The van der Waals surface area contributed by atoms with E-state index in [2.05, 4.69) is 5.32 Å². The smallest absolute Gasteiger partial charge is 0.270 e. The summed E-state index contributed by atoms with van der Waals surface area (Å²) < 4.78 is 15.7. The quantitative estimate of drug-likeness (QED) is 0.914. The fourth-order valence-corrected chi connectivity index (χ4v) is 4.32. The predicted octanol–water partition coefficient (Wildman–Crippen LogP) is 3.51. The summed E-state index contributed by atoms with van der Waals surface area (Å²) in [6.45, 7) is 0.568. The van der Waals surface area contributed by atoms with E-state index in [1.54, 1.807) is 22.6 Å². The van der Waals surface area contributed by atoms with E-state index < -0.39 is 0 Å². The molecule has 1 aliphatic heterocycles. The fourth-order valence-electron chi connectivity index (χ4n) is 4.32. The van der Waals surface area contributed by atoms with Gasteiger partial charge in [-0.2, -0.15) is 0 Å². The molecule has 0 radical (unpaired) electrons. The Morgan fingerprint density at radius 3 is 2.65 bits per heavy atom. The van der Waals surface area contributed by atoms with Crippen LogP contribution in [0.2, 0.25) is 0 Å². The molecule has 1 saturated heterocycles. The second-order valence-corrected chi connectivity index (χ2v) is 7.38. The van der Waals surface area contributed by atoms with E-state index in [0.29, 0.717) is 29.7 Å². The van der Waals surface area contributed by atoms with Crippen LogP contribution in [0, 0.1) is 5.82 Å². The van der Waals surface area contributed by atoms with Gasteiger partial charge in [0.1, 0.15) is 11.5 Å². The highest BCUT2D eigenvalue weighted by Crippen LogP contribution is 2.36. The summed E-state index contributed by atoms with van der Waals surface area (Å²) in [6.07, 6.45) is 6.67. The van der Waals surface area contributed by atoms with E-state index in [-0.39, 0.29) is 23.7 Å². The number of carbonyl (C=O) groups is 2. The predicted molar refractivity (Wildman–Crippen MR) is 98.8 cm³/mol. The molecular weight excluding hydrogens is 333 g/mol. The van der Waals surface area contributed by atoms with Crippen LogP contribution in [0.4, 0.5) is 10.1 Å². The van der Waals surface area contributed by atoms with Gasteiger partial charge in [0.2, 0.25) is 5.91 Å². The highest BCUT2D eigenvalue weighted by atomic mass is 19.1. The summed E-state index contributed by atoms with van der Waals surface area (Å²) >= 11 is 0. The summed E-state index contributed by atoms with van der Waals surface area (Å²) in [6, 6.07) is 4.66. The van der Waals surface area contributed by atoms with Gasteiger partial charge < -0.3 is 14.8 Å². The van der Waals surface area contributed by atoms with E-state index in [0.717, 1.165) is 37.6 Å². The molecule has 0 unspecified atom stereocenters. The summed E-state index contributed by atoms with van der Waals surface area (Å²) in [4.78, 5) is 27.1. The van der Waals surface area contributed by atoms with E-state index in [1.165, 1.54) is 18.6 Å². The number of anilines is 1. The first kappa shape index (κ1) is 17.1. The molecule has 0 atom stereocenters. The van der Waals surface area contributed by atoms with Crippen LogP contribution < -0.4 is 10.2 Å². The minimum atomic E-state index is -0.366. The Kier molecular flexibility index (Phi) is 4.42. The van der Waals surface area contributed by atoms with Crippen LogP contribution in [0.15, 0.2) is 18.2 Å². The second-order valence-electron chi connectivity index (χ2n) is 7.38. The van der Waals surface area contributed by atoms with Gasteiger partial charge in [-0.3, -0.25) is 9.59 Å². The Balaban J connectivity index is 1.80. The highest BCUT2D eigenvalue weighted by Gasteiger charge is 2.32. The van der Waals surface area contributed by atoms with Gasteiger partial charge in [-0.25, -0.2) is 4.39 Å². The number of carbonyl (C=O) groups excluding carboxylic acids is 2. The van der Waals surface area contributed by atoms with Gasteiger partial charge in [-0.1, -0.05) is 19.3 Å². The number of rotatable bonds is 3. The van der Waals surface area contributed by atoms with Crippen molar-refractivity contribution in [1.82, 2.24) is 9.88 Å². The van der Waals surface area contributed by atoms with Crippen molar-refractivity contribution in [3.8, 4) is 0 Å². The van der Waals surface area contributed by atoms with Gasteiger partial charge in [-0.05, 0) is 37.5 Å².